The molecule has 1 amide bonds. The molecule has 0 bridgehead atoms. The maximum Gasteiger partial charge on any atom is 0.228 e. The Morgan fingerprint density at radius 2 is 1.86 bits per heavy atom. The molecular formula is C17H16N2O3. The molecule has 1 N–H and O–H groups in total. The maximum atomic E-state index is 12.1. The van der Waals surface area contributed by atoms with Crippen molar-refractivity contribution < 1.29 is 14.3 Å². The van der Waals surface area contributed by atoms with E-state index in [0.29, 0.717) is 22.7 Å². The first-order valence-corrected chi connectivity index (χ1v) is 6.67. The van der Waals surface area contributed by atoms with Gasteiger partial charge in [0, 0.05) is 17.3 Å². The Hall–Kier alpha value is -3.00. The van der Waals surface area contributed by atoms with Crippen LogP contribution in [0.1, 0.15) is 11.1 Å². The van der Waals surface area contributed by atoms with Gasteiger partial charge < -0.3 is 14.8 Å². The van der Waals surface area contributed by atoms with Crippen LogP contribution in [0.25, 0.3) is 0 Å². The fourth-order valence-electron chi connectivity index (χ4n) is 2.00. The van der Waals surface area contributed by atoms with E-state index in [4.69, 9.17) is 14.7 Å². The summed E-state index contributed by atoms with van der Waals surface area (Å²) < 4.78 is 10.4. The molecule has 0 aliphatic carbocycles. The standard InChI is InChI=1S/C17H16N2O3/c1-21-15-8-5-13(16(10-15)22-2)9-17(20)19-14-6-3-12(11-18)4-7-14/h3-8,10H,9H2,1-2H3,(H,19,20). The SMILES string of the molecule is COc1ccc(CC(=O)Nc2ccc(C#N)cc2)c(OC)c1. The Kier molecular flexibility index (Phi) is 4.99. The lowest BCUT2D eigenvalue weighted by molar-refractivity contribution is -0.115. The van der Waals surface area contributed by atoms with E-state index in [-0.39, 0.29) is 12.3 Å². The van der Waals surface area contributed by atoms with E-state index in [9.17, 15) is 4.79 Å². The highest BCUT2D eigenvalue weighted by Gasteiger charge is 2.10. The number of rotatable bonds is 5. The number of anilines is 1. The van der Waals surface area contributed by atoms with Crippen molar-refractivity contribution in [3.8, 4) is 17.6 Å². The predicted octanol–water partition coefficient (Wildman–Crippen LogP) is 2.76. The Morgan fingerprint density at radius 3 is 2.45 bits per heavy atom. The molecule has 0 aromatic heterocycles. The summed E-state index contributed by atoms with van der Waals surface area (Å²) in [6, 6.07) is 14.1. The molecule has 5 heteroatoms. The molecule has 112 valence electrons. The number of methoxy groups -OCH3 is 2. The second-order valence-corrected chi connectivity index (χ2v) is 4.59. The largest absolute Gasteiger partial charge is 0.497 e. The van der Waals surface area contributed by atoms with Crippen molar-refractivity contribution in [3.05, 3.63) is 53.6 Å². The lowest BCUT2D eigenvalue weighted by Crippen LogP contribution is -2.14. The highest BCUT2D eigenvalue weighted by molar-refractivity contribution is 5.92. The summed E-state index contributed by atoms with van der Waals surface area (Å²) >= 11 is 0. The number of carbonyl (C=O) groups is 1. The summed E-state index contributed by atoms with van der Waals surface area (Å²) in [7, 11) is 3.13. The van der Waals surface area contributed by atoms with Gasteiger partial charge in [-0.05, 0) is 30.3 Å². The van der Waals surface area contributed by atoms with Crippen molar-refractivity contribution in [2.75, 3.05) is 19.5 Å². The minimum atomic E-state index is -0.159. The van der Waals surface area contributed by atoms with Crippen LogP contribution in [0, 0.1) is 11.3 Å². The third-order valence-corrected chi connectivity index (χ3v) is 3.14. The van der Waals surface area contributed by atoms with Crippen LogP contribution in [0.15, 0.2) is 42.5 Å². The number of hydrogen-bond donors (Lipinski definition) is 1. The summed E-state index contributed by atoms with van der Waals surface area (Å²) in [6.07, 6.45) is 0.188. The van der Waals surface area contributed by atoms with Crippen molar-refractivity contribution in [3.63, 3.8) is 0 Å². The quantitative estimate of drug-likeness (QED) is 0.921. The summed E-state index contributed by atoms with van der Waals surface area (Å²) in [5.74, 6) is 1.12. The average Bonchev–Trinajstić information content (AvgIpc) is 2.55. The number of nitrogens with zero attached hydrogens (tertiary/aromatic N) is 1. The van der Waals surface area contributed by atoms with E-state index in [0.717, 1.165) is 5.56 Å². The molecule has 5 nitrogen and oxygen atoms in total. The normalized spacial score (nSPS) is 9.68. The highest BCUT2D eigenvalue weighted by Crippen LogP contribution is 2.25. The Bertz CT molecular complexity index is 703. The Balaban J connectivity index is 2.06. The molecule has 0 atom stereocenters. The third-order valence-electron chi connectivity index (χ3n) is 3.14. The van der Waals surface area contributed by atoms with Gasteiger partial charge in [-0.25, -0.2) is 0 Å². The van der Waals surface area contributed by atoms with Crippen LogP contribution in [0.4, 0.5) is 5.69 Å². The van der Waals surface area contributed by atoms with Crippen LogP contribution in [0.2, 0.25) is 0 Å². The molecule has 0 aliphatic heterocycles. The molecule has 0 saturated heterocycles. The molecule has 0 fully saturated rings. The highest BCUT2D eigenvalue weighted by atomic mass is 16.5. The lowest BCUT2D eigenvalue weighted by atomic mass is 10.1. The zero-order valence-electron chi connectivity index (χ0n) is 12.4. The monoisotopic (exact) mass is 296 g/mol. The van der Waals surface area contributed by atoms with E-state index in [2.05, 4.69) is 5.32 Å². The second-order valence-electron chi connectivity index (χ2n) is 4.59. The molecule has 22 heavy (non-hydrogen) atoms. The first-order chi connectivity index (χ1) is 10.7. The van der Waals surface area contributed by atoms with Crippen molar-refractivity contribution >= 4 is 11.6 Å². The number of hydrogen-bond acceptors (Lipinski definition) is 4. The third kappa shape index (κ3) is 3.76. The van der Waals surface area contributed by atoms with Gasteiger partial charge in [0.15, 0.2) is 0 Å². The number of carbonyl (C=O) groups excluding carboxylic acids is 1. The van der Waals surface area contributed by atoms with Gasteiger partial charge in [-0.3, -0.25) is 4.79 Å². The Morgan fingerprint density at radius 1 is 1.14 bits per heavy atom. The molecule has 0 saturated carbocycles. The fraction of sp³-hybridized carbons (Fsp3) is 0.176. The molecule has 0 heterocycles. The van der Waals surface area contributed by atoms with Crippen LogP contribution in [0.3, 0.4) is 0 Å². The van der Waals surface area contributed by atoms with Gasteiger partial charge >= 0.3 is 0 Å². The molecule has 0 spiro atoms. The van der Waals surface area contributed by atoms with Crippen molar-refractivity contribution in [1.82, 2.24) is 0 Å². The van der Waals surface area contributed by atoms with Crippen molar-refractivity contribution in [1.29, 1.82) is 5.26 Å². The van der Waals surface area contributed by atoms with Crippen LogP contribution < -0.4 is 14.8 Å². The maximum absolute atomic E-state index is 12.1. The van der Waals surface area contributed by atoms with Gasteiger partial charge in [0.2, 0.25) is 5.91 Å². The van der Waals surface area contributed by atoms with Crippen LogP contribution in [-0.2, 0) is 11.2 Å². The topological polar surface area (TPSA) is 71.3 Å². The number of benzene rings is 2. The van der Waals surface area contributed by atoms with Gasteiger partial charge in [0.05, 0.1) is 32.3 Å². The molecular weight excluding hydrogens is 280 g/mol. The van der Waals surface area contributed by atoms with E-state index < -0.39 is 0 Å². The molecule has 0 radical (unpaired) electrons. The van der Waals surface area contributed by atoms with Gasteiger partial charge in [-0.15, -0.1) is 0 Å². The molecule has 2 rings (SSSR count). The zero-order valence-corrected chi connectivity index (χ0v) is 12.4. The minimum absolute atomic E-state index is 0.159. The number of amides is 1. The molecule has 0 aliphatic rings. The first kappa shape index (κ1) is 15.4. The Labute approximate surface area is 129 Å². The van der Waals surface area contributed by atoms with Crippen molar-refractivity contribution in [2.45, 2.75) is 6.42 Å². The van der Waals surface area contributed by atoms with Gasteiger partial charge in [-0.1, -0.05) is 6.07 Å². The van der Waals surface area contributed by atoms with Gasteiger partial charge in [-0.2, -0.15) is 5.26 Å². The van der Waals surface area contributed by atoms with Crippen LogP contribution in [-0.4, -0.2) is 20.1 Å². The van der Waals surface area contributed by atoms with E-state index in [1.807, 2.05) is 6.07 Å². The second kappa shape index (κ2) is 7.14. The first-order valence-electron chi connectivity index (χ1n) is 6.67. The number of nitriles is 1. The minimum Gasteiger partial charge on any atom is -0.497 e. The smallest absolute Gasteiger partial charge is 0.228 e. The molecule has 0 unspecified atom stereocenters. The number of ether oxygens (including phenoxy) is 2. The molecule has 2 aromatic carbocycles. The van der Waals surface area contributed by atoms with Crippen LogP contribution in [0.5, 0.6) is 11.5 Å². The van der Waals surface area contributed by atoms with Gasteiger partial charge in [0.1, 0.15) is 11.5 Å². The lowest BCUT2D eigenvalue weighted by Gasteiger charge is -2.10. The average molecular weight is 296 g/mol. The fourth-order valence-corrected chi connectivity index (χ4v) is 2.00. The van der Waals surface area contributed by atoms with Gasteiger partial charge in [0.25, 0.3) is 0 Å². The summed E-state index contributed by atoms with van der Waals surface area (Å²) in [5.41, 5.74) is 1.97. The van der Waals surface area contributed by atoms with Crippen LogP contribution >= 0.6 is 0 Å². The van der Waals surface area contributed by atoms with E-state index in [1.54, 1.807) is 56.7 Å². The summed E-state index contributed by atoms with van der Waals surface area (Å²) in [6.45, 7) is 0. The predicted molar refractivity (Wildman–Crippen MR) is 83.0 cm³/mol. The van der Waals surface area contributed by atoms with Crippen molar-refractivity contribution in [2.24, 2.45) is 0 Å². The molecule has 2 aromatic rings. The summed E-state index contributed by atoms with van der Waals surface area (Å²) in [5, 5.41) is 11.5. The zero-order chi connectivity index (χ0) is 15.9. The van der Waals surface area contributed by atoms with E-state index in [1.165, 1.54) is 0 Å². The van der Waals surface area contributed by atoms with E-state index >= 15 is 0 Å². The summed E-state index contributed by atoms with van der Waals surface area (Å²) in [4.78, 5) is 12.1. The number of nitrogens with one attached hydrogen (secondary N) is 1.